The molecule has 22 aromatic carbocycles. The largest absolute Gasteiger partial charge is 0.457 e. The van der Waals surface area contributed by atoms with Gasteiger partial charge < -0.3 is 27.9 Å². The van der Waals surface area contributed by atoms with Crippen molar-refractivity contribution in [1.82, 2.24) is 23.7 Å². The van der Waals surface area contributed by atoms with Crippen LogP contribution in [0.15, 0.2) is 504 Å². The molecule has 0 amide bonds. The van der Waals surface area contributed by atoms with Gasteiger partial charge >= 0.3 is 0 Å². The molecule has 0 bridgehead atoms. The molecule has 9 heterocycles. The van der Waals surface area contributed by atoms with E-state index in [0.717, 1.165) is 107 Å². The van der Waals surface area contributed by atoms with Crippen molar-refractivity contribution in [3.8, 4) is 119 Å². The lowest BCUT2D eigenvalue weighted by molar-refractivity contribution is 0.437. The Kier molecular flexibility index (Phi) is 18.0. The van der Waals surface area contributed by atoms with Crippen LogP contribution in [0.25, 0.3) is 190 Å². The topological polar surface area (TPSA) is 68.3 Å². The number of para-hydroxylation sites is 6. The number of thiophene rings is 2. The lowest BCUT2D eigenvalue weighted by Gasteiger charge is -2.39. The molecule has 149 heavy (non-hydrogen) atoms. The average Bonchev–Trinajstić information content (AvgIpc) is 1.50. The Bertz CT molecular complexity index is 10400. The predicted octanol–water partition coefficient (Wildman–Crippen LogP) is 36.3. The van der Waals surface area contributed by atoms with Gasteiger partial charge in [-0.1, -0.05) is 370 Å². The summed E-state index contributed by atoms with van der Waals surface area (Å²) in [7, 11) is 0. The zero-order valence-corrected chi connectivity index (χ0v) is 81.8. The highest BCUT2D eigenvalue weighted by Gasteiger charge is 2.55. The second-order valence-corrected chi connectivity index (χ2v) is 41.9. The summed E-state index contributed by atoms with van der Waals surface area (Å²) in [5, 5.41) is 12.5. The van der Waals surface area contributed by atoms with Gasteiger partial charge in [0.1, 0.15) is 34.5 Å². The van der Waals surface area contributed by atoms with Crippen LogP contribution in [0.5, 0.6) is 34.5 Å². The zero-order valence-electron chi connectivity index (χ0n) is 80.2. The Hall–Kier alpha value is -18.8. The molecule has 3 aliphatic heterocycles. The summed E-state index contributed by atoms with van der Waals surface area (Å²) >= 11 is 3.72. The highest BCUT2D eigenvalue weighted by Crippen LogP contribution is 2.68. The van der Waals surface area contributed by atoms with E-state index < -0.39 is 16.2 Å². The van der Waals surface area contributed by atoms with Gasteiger partial charge in [0, 0.05) is 158 Å². The molecule has 0 unspecified atom stereocenters. The molecule has 3 aliphatic carbocycles. The monoisotopic (exact) mass is 1930 g/mol. The van der Waals surface area contributed by atoms with Gasteiger partial charge in [0.2, 0.25) is 0 Å². The van der Waals surface area contributed by atoms with Gasteiger partial charge in [-0.25, -0.2) is 9.97 Å². The first kappa shape index (κ1) is 83.6. The third-order valence-corrected chi connectivity index (χ3v) is 34.7. The van der Waals surface area contributed by atoms with Crippen molar-refractivity contribution in [2.24, 2.45) is 0 Å². The zero-order chi connectivity index (χ0) is 97.5. The minimum Gasteiger partial charge on any atom is -0.457 e. The first-order chi connectivity index (χ1) is 73.9. The maximum absolute atomic E-state index is 6.96. The van der Waals surface area contributed by atoms with E-state index in [9.17, 15) is 0 Å². The number of aromatic nitrogens is 5. The Labute approximate surface area is 865 Å². The number of fused-ring (bicyclic) bond motifs is 42. The van der Waals surface area contributed by atoms with Gasteiger partial charge in [-0.2, -0.15) is 0 Å². The molecule has 10 heteroatoms. The van der Waals surface area contributed by atoms with Crippen LogP contribution in [0.4, 0.5) is 0 Å². The smallest absolute Gasteiger partial charge is 0.160 e. The lowest BCUT2D eigenvalue weighted by atomic mass is 9.66. The molecule has 0 saturated carbocycles. The third kappa shape index (κ3) is 11.9. The molecule has 694 valence electrons. The van der Waals surface area contributed by atoms with Gasteiger partial charge in [0.05, 0.1) is 60.7 Å². The summed E-state index contributed by atoms with van der Waals surface area (Å²) in [5.74, 6) is 6.08. The molecule has 0 atom stereocenters. The van der Waals surface area contributed by atoms with Gasteiger partial charge in [-0.3, -0.25) is 0 Å². The van der Waals surface area contributed by atoms with Crippen molar-refractivity contribution < 1.29 is 14.2 Å². The maximum Gasteiger partial charge on any atom is 0.160 e. The first-order valence-electron chi connectivity index (χ1n) is 50.9. The van der Waals surface area contributed by atoms with E-state index in [2.05, 4.69) is 493 Å². The number of rotatable bonds is 6. The molecule has 8 nitrogen and oxygen atoms in total. The fraction of sp³-hybridized carbons (Fsp3) is 0.0216. The standard InChI is InChI=1S/C53H33N3O.2C43H25NOS/c1-3-16-34(17-4-1)46-32-47(55-52(54-46)35-18-5-2-6-19-35)36-20-15-21-37(30-36)56-48-28-13-9-24-40(48)41-31-45-51(33-49(41)56)57-50-29-14-12-27-44(50)53(45)42-25-10-7-22-38(42)39-23-8-11-26-43(39)53;1-5-15-33-27(11-1)28-12-2-6-16-34(28)43(33)35-17-7-9-19-39(35)45-40-25-38-31(24-36(40)43)29-13-3-8-18-37(29)44(38)26-21-22-42-32(23-26)30-14-4-10-20-41(30)46-42;1-5-15-33-27(11-1)28-12-2-6-16-34(28)43(33)35-17-7-9-19-39(35)45-40-25-38-32(24-36(40)43)29-13-3-8-18-37(29)44(38)26-21-22-31-30-14-4-10-20-41(30)46-42(31)23-26/h1-33H;2*1-25H. The second-order valence-electron chi connectivity index (χ2n) is 39.8. The maximum atomic E-state index is 6.96. The molecular weight excluding hydrogens is 1850 g/mol. The van der Waals surface area contributed by atoms with Gasteiger partial charge in [0.25, 0.3) is 0 Å². The van der Waals surface area contributed by atoms with Crippen LogP contribution in [0.2, 0.25) is 0 Å². The Morgan fingerprint density at radius 1 is 0.168 bits per heavy atom. The molecule has 34 rings (SSSR count). The van der Waals surface area contributed by atoms with Gasteiger partial charge in [-0.05, 0) is 182 Å². The average molecular weight is 1940 g/mol. The second kappa shape index (κ2) is 32.1. The summed E-state index contributed by atoms with van der Waals surface area (Å²) < 4.78 is 33.2. The number of hydrogen-bond donors (Lipinski definition) is 0. The van der Waals surface area contributed by atoms with Crippen molar-refractivity contribution >= 4 is 128 Å². The van der Waals surface area contributed by atoms with E-state index in [1.165, 1.54) is 178 Å². The van der Waals surface area contributed by atoms with Crippen LogP contribution in [-0.2, 0) is 16.2 Å². The van der Waals surface area contributed by atoms with E-state index in [-0.39, 0.29) is 0 Å². The SMILES string of the molecule is c1ccc(-c2cc(-c3cccc(-n4c5ccccc5c5cc6c(cc54)Oc4ccccc4C64c5ccccc5-c5ccccc54)c3)nc(-c3ccccc3)n2)cc1.c1ccc2c(c1)Oc1cc3c(cc1C21c2ccccc2-c2ccccc21)c1ccccc1n3-c1ccc2c(c1)sc1ccccc12.c1ccc2c(c1)Oc1cc3c(cc1C21c2ccccc2-c2ccccc21)c1ccccc1n3-c1ccc2sc3ccccc3c2c1. The fourth-order valence-corrected chi connectivity index (χ4v) is 28.6. The third-order valence-electron chi connectivity index (χ3n) is 32.4. The predicted molar refractivity (Wildman–Crippen MR) is 612 cm³/mol. The van der Waals surface area contributed by atoms with Crippen LogP contribution in [0, 0.1) is 0 Å². The van der Waals surface area contributed by atoms with Crippen LogP contribution in [0.3, 0.4) is 0 Å². The molecule has 0 N–H and O–H groups in total. The van der Waals surface area contributed by atoms with E-state index in [1.54, 1.807) is 0 Å². The fourth-order valence-electron chi connectivity index (χ4n) is 26.4. The van der Waals surface area contributed by atoms with Crippen LogP contribution >= 0.6 is 22.7 Å². The minimum absolute atomic E-state index is 0.481. The van der Waals surface area contributed by atoms with Crippen LogP contribution in [0.1, 0.15) is 66.8 Å². The molecule has 3 spiro atoms. The minimum atomic E-state index is -0.533. The summed E-state index contributed by atoms with van der Waals surface area (Å²) in [6.07, 6.45) is 0. The Balaban J connectivity index is 0.0000000996. The summed E-state index contributed by atoms with van der Waals surface area (Å²) in [5.41, 5.74) is 36.2. The summed E-state index contributed by atoms with van der Waals surface area (Å²) in [4.78, 5) is 10.2. The van der Waals surface area contributed by atoms with Crippen molar-refractivity contribution in [1.29, 1.82) is 0 Å². The van der Waals surface area contributed by atoms with Gasteiger partial charge in [-0.15, -0.1) is 22.7 Å². The van der Waals surface area contributed by atoms with Gasteiger partial charge in [0.15, 0.2) is 5.82 Å². The quantitative estimate of drug-likeness (QED) is 0.166. The Morgan fingerprint density at radius 3 is 0.893 bits per heavy atom. The number of benzene rings is 22. The van der Waals surface area contributed by atoms with Crippen molar-refractivity contribution in [3.05, 3.63) is 570 Å². The first-order valence-corrected chi connectivity index (χ1v) is 52.6. The van der Waals surface area contributed by atoms with Crippen molar-refractivity contribution in [3.63, 3.8) is 0 Å². The molecule has 0 radical (unpaired) electrons. The Morgan fingerprint density at radius 2 is 0.470 bits per heavy atom. The number of nitrogens with zero attached hydrogens (tertiary/aromatic N) is 5. The highest BCUT2D eigenvalue weighted by atomic mass is 32.1. The van der Waals surface area contributed by atoms with E-state index >= 15 is 0 Å². The van der Waals surface area contributed by atoms with E-state index in [1.807, 2.05) is 46.9 Å². The van der Waals surface area contributed by atoms with Crippen molar-refractivity contribution in [2.75, 3.05) is 0 Å². The van der Waals surface area contributed by atoms with Crippen molar-refractivity contribution in [2.45, 2.75) is 16.2 Å². The normalized spacial score (nSPS) is 13.7. The summed E-state index contributed by atoms with van der Waals surface area (Å²) in [6.45, 7) is 0. The molecule has 0 fully saturated rings. The lowest BCUT2D eigenvalue weighted by Crippen LogP contribution is -2.32. The molecule has 6 aliphatic rings. The molecule has 28 aromatic rings. The molecule has 0 saturated heterocycles. The van der Waals surface area contributed by atoms with E-state index in [4.69, 9.17) is 24.2 Å². The van der Waals surface area contributed by atoms with Crippen LogP contribution in [-0.4, -0.2) is 23.7 Å². The summed E-state index contributed by atoms with van der Waals surface area (Å²) in [6, 6.07) is 182. The highest BCUT2D eigenvalue weighted by molar-refractivity contribution is 7.26. The molecule has 6 aromatic heterocycles. The number of hydrogen-bond acceptors (Lipinski definition) is 7. The van der Waals surface area contributed by atoms with E-state index in [0.29, 0.717) is 5.82 Å². The molecular formula is C139H83N5O3S2. The number of ether oxygens (including phenoxy) is 3. The van der Waals surface area contributed by atoms with Crippen LogP contribution < -0.4 is 14.2 Å².